The van der Waals surface area contributed by atoms with Gasteiger partial charge in [0.2, 0.25) is 0 Å². The van der Waals surface area contributed by atoms with Gasteiger partial charge in [-0.05, 0) is 25.0 Å². The largest absolute Gasteiger partial charge is 0.507 e. The highest BCUT2D eigenvalue weighted by Crippen LogP contribution is 2.28. The van der Waals surface area contributed by atoms with E-state index in [0.717, 1.165) is 18.7 Å². The molecule has 7 nitrogen and oxygen atoms in total. The monoisotopic (exact) mass is 330 g/mol. The van der Waals surface area contributed by atoms with Crippen LogP contribution in [0.3, 0.4) is 0 Å². The zero-order valence-corrected chi connectivity index (χ0v) is 13.7. The van der Waals surface area contributed by atoms with E-state index in [1.807, 2.05) is 0 Å². The molecule has 24 heavy (non-hydrogen) atoms. The minimum absolute atomic E-state index is 0.111. The van der Waals surface area contributed by atoms with Gasteiger partial charge in [-0.25, -0.2) is 0 Å². The molecule has 1 heterocycles. The van der Waals surface area contributed by atoms with Crippen molar-refractivity contribution < 1.29 is 14.6 Å². The molecule has 128 valence electrons. The summed E-state index contributed by atoms with van der Waals surface area (Å²) < 4.78 is 7.08. The van der Waals surface area contributed by atoms with Gasteiger partial charge in [0, 0.05) is 12.1 Å². The second-order valence-corrected chi connectivity index (χ2v) is 6.01. The molecule has 1 saturated carbocycles. The zero-order valence-electron chi connectivity index (χ0n) is 13.7. The van der Waals surface area contributed by atoms with E-state index in [2.05, 4.69) is 20.1 Å². The number of hydrogen-bond donors (Lipinski definition) is 2. The Labute approximate surface area is 140 Å². The molecule has 1 fully saturated rings. The summed E-state index contributed by atoms with van der Waals surface area (Å²) in [4.78, 5) is 12.3. The summed E-state index contributed by atoms with van der Waals surface area (Å²) in [6.07, 6.45) is 7.70. The number of aromatic nitrogens is 3. The van der Waals surface area contributed by atoms with E-state index in [1.54, 1.807) is 12.4 Å². The predicted molar refractivity (Wildman–Crippen MR) is 88.0 cm³/mol. The van der Waals surface area contributed by atoms with Crippen LogP contribution < -0.4 is 10.1 Å². The first-order valence-corrected chi connectivity index (χ1v) is 8.22. The topological polar surface area (TPSA) is 89.3 Å². The van der Waals surface area contributed by atoms with Crippen LogP contribution in [-0.4, -0.2) is 32.9 Å². The van der Waals surface area contributed by atoms with Crippen molar-refractivity contribution in [1.82, 2.24) is 20.1 Å². The third-order valence-electron chi connectivity index (χ3n) is 4.47. The summed E-state index contributed by atoms with van der Waals surface area (Å²) >= 11 is 0. The van der Waals surface area contributed by atoms with Gasteiger partial charge in [0.25, 0.3) is 5.91 Å². The molecule has 0 spiro atoms. The second-order valence-electron chi connectivity index (χ2n) is 6.01. The van der Waals surface area contributed by atoms with E-state index >= 15 is 0 Å². The fourth-order valence-corrected chi connectivity index (χ4v) is 3.14. The van der Waals surface area contributed by atoms with Crippen molar-refractivity contribution in [2.75, 3.05) is 7.11 Å². The quantitative estimate of drug-likeness (QED) is 0.879. The lowest BCUT2D eigenvalue weighted by atomic mass is 9.95. The molecule has 0 radical (unpaired) electrons. The Bertz CT molecular complexity index is 708. The smallest absolute Gasteiger partial charge is 0.255 e. The lowest BCUT2D eigenvalue weighted by Gasteiger charge is -2.24. The van der Waals surface area contributed by atoms with Crippen molar-refractivity contribution in [3.05, 3.63) is 35.9 Å². The molecule has 0 atom stereocenters. The predicted octanol–water partition coefficient (Wildman–Crippen LogP) is 2.43. The Morgan fingerprint density at radius 2 is 2.17 bits per heavy atom. The molecule has 7 heteroatoms. The van der Waals surface area contributed by atoms with Gasteiger partial charge < -0.3 is 19.7 Å². The number of methoxy groups -OCH3 is 1. The summed E-state index contributed by atoms with van der Waals surface area (Å²) in [7, 11) is 1.51. The normalized spacial score (nSPS) is 15.2. The second kappa shape index (κ2) is 7.33. The minimum atomic E-state index is -0.353. The number of carbonyl (C=O) groups is 1. The van der Waals surface area contributed by atoms with Gasteiger partial charge >= 0.3 is 0 Å². The van der Waals surface area contributed by atoms with E-state index in [4.69, 9.17) is 4.74 Å². The van der Waals surface area contributed by atoms with Crippen LogP contribution in [0.5, 0.6) is 11.5 Å². The standard InChI is InChI=1S/C17H22N4O3/c1-24-13-7-8-14(15(22)9-13)17(23)18-10-16-20-19-11-21(16)12-5-3-2-4-6-12/h7-9,11-12,22H,2-6,10H2,1H3,(H,18,23). The summed E-state index contributed by atoms with van der Waals surface area (Å²) in [6, 6.07) is 5.00. The van der Waals surface area contributed by atoms with Gasteiger partial charge in [-0.3, -0.25) is 4.79 Å². The molecule has 3 rings (SSSR count). The van der Waals surface area contributed by atoms with Crippen molar-refractivity contribution in [2.45, 2.75) is 44.7 Å². The summed E-state index contributed by atoms with van der Waals surface area (Å²) in [6.45, 7) is 0.279. The maximum Gasteiger partial charge on any atom is 0.255 e. The average molecular weight is 330 g/mol. The Kier molecular flexibility index (Phi) is 4.98. The van der Waals surface area contributed by atoms with Crippen molar-refractivity contribution in [1.29, 1.82) is 0 Å². The molecule has 0 bridgehead atoms. The van der Waals surface area contributed by atoms with Crippen LogP contribution in [0.1, 0.15) is 54.3 Å². The first-order valence-electron chi connectivity index (χ1n) is 8.22. The van der Waals surface area contributed by atoms with E-state index in [9.17, 15) is 9.90 Å². The fraction of sp³-hybridized carbons (Fsp3) is 0.471. The highest BCUT2D eigenvalue weighted by atomic mass is 16.5. The van der Waals surface area contributed by atoms with E-state index in [-0.39, 0.29) is 23.8 Å². The molecular formula is C17H22N4O3. The molecule has 0 aliphatic heterocycles. The number of benzene rings is 1. The van der Waals surface area contributed by atoms with Crippen LogP contribution >= 0.6 is 0 Å². The maximum absolute atomic E-state index is 12.3. The van der Waals surface area contributed by atoms with Gasteiger partial charge in [0.1, 0.15) is 17.8 Å². The van der Waals surface area contributed by atoms with E-state index in [1.165, 1.54) is 38.5 Å². The van der Waals surface area contributed by atoms with Gasteiger partial charge in [-0.15, -0.1) is 10.2 Å². The number of rotatable bonds is 5. The molecule has 0 saturated heterocycles. The van der Waals surface area contributed by atoms with Crippen LogP contribution in [0.4, 0.5) is 0 Å². The number of hydrogen-bond acceptors (Lipinski definition) is 5. The Hall–Kier alpha value is -2.57. The van der Waals surface area contributed by atoms with Crippen molar-refractivity contribution >= 4 is 5.91 Å². The first kappa shape index (κ1) is 16.3. The lowest BCUT2D eigenvalue weighted by molar-refractivity contribution is 0.0946. The zero-order chi connectivity index (χ0) is 16.9. The lowest BCUT2D eigenvalue weighted by Crippen LogP contribution is -2.26. The number of phenolic OH excluding ortho intramolecular Hbond substituents is 1. The summed E-state index contributed by atoms with van der Waals surface area (Å²) in [5.74, 6) is 0.776. The molecular weight excluding hydrogens is 308 g/mol. The van der Waals surface area contributed by atoms with Gasteiger partial charge in [-0.1, -0.05) is 19.3 Å². The van der Waals surface area contributed by atoms with E-state index in [0.29, 0.717) is 11.8 Å². The van der Waals surface area contributed by atoms with Crippen LogP contribution in [0.25, 0.3) is 0 Å². The number of nitrogens with zero attached hydrogens (tertiary/aromatic N) is 3. The molecule has 1 amide bonds. The fourth-order valence-electron chi connectivity index (χ4n) is 3.14. The number of carbonyl (C=O) groups excluding carboxylic acids is 1. The van der Waals surface area contributed by atoms with E-state index < -0.39 is 0 Å². The van der Waals surface area contributed by atoms with Crippen molar-refractivity contribution in [3.63, 3.8) is 0 Å². The average Bonchev–Trinajstić information content (AvgIpc) is 3.09. The molecule has 1 aromatic carbocycles. The molecule has 1 aliphatic carbocycles. The van der Waals surface area contributed by atoms with Crippen LogP contribution in [0, 0.1) is 0 Å². The summed E-state index contributed by atoms with van der Waals surface area (Å²) in [5.41, 5.74) is 0.208. The van der Waals surface area contributed by atoms with Crippen LogP contribution in [0.2, 0.25) is 0 Å². The number of amides is 1. The van der Waals surface area contributed by atoms with Crippen LogP contribution in [0.15, 0.2) is 24.5 Å². The van der Waals surface area contributed by atoms with Crippen LogP contribution in [-0.2, 0) is 6.54 Å². The Morgan fingerprint density at radius 1 is 1.38 bits per heavy atom. The summed E-state index contributed by atoms with van der Waals surface area (Å²) in [5, 5.41) is 20.8. The number of ether oxygens (including phenoxy) is 1. The molecule has 1 aliphatic rings. The Morgan fingerprint density at radius 3 is 2.88 bits per heavy atom. The van der Waals surface area contributed by atoms with Gasteiger partial charge in [0.15, 0.2) is 5.82 Å². The van der Waals surface area contributed by atoms with Gasteiger partial charge in [-0.2, -0.15) is 0 Å². The SMILES string of the molecule is COc1ccc(C(=O)NCc2nncn2C2CCCCC2)c(O)c1. The third kappa shape index (κ3) is 3.50. The third-order valence-corrected chi connectivity index (χ3v) is 4.47. The Balaban J connectivity index is 1.66. The highest BCUT2D eigenvalue weighted by Gasteiger charge is 2.19. The van der Waals surface area contributed by atoms with Gasteiger partial charge in [0.05, 0.1) is 19.2 Å². The van der Waals surface area contributed by atoms with Crippen molar-refractivity contribution in [2.24, 2.45) is 0 Å². The molecule has 2 aromatic rings. The molecule has 0 unspecified atom stereocenters. The first-order chi connectivity index (χ1) is 11.7. The molecule has 1 aromatic heterocycles. The minimum Gasteiger partial charge on any atom is -0.507 e. The van der Waals surface area contributed by atoms with Crippen molar-refractivity contribution in [3.8, 4) is 11.5 Å². The highest BCUT2D eigenvalue weighted by molar-refractivity contribution is 5.96. The number of aromatic hydroxyl groups is 1. The maximum atomic E-state index is 12.3. The molecule has 2 N–H and O–H groups in total. The number of phenols is 1. The number of nitrogens with one attached hydrogen (secondary N) is 1.